The number of hydrogen-bond donors (Lipinski definition) is 3. The molecule has 0 saturated carbocycles. The number of nitrogens with zero attached hydrogens (tertiary/aromatic N) is 3. The van der Waals surface area contributed by atoms with E-state index in [1.165, 1.54) is 9.80 Å². The van der Waals surface area contributed by atoms with Gasteiger partial charge in [-0.1, -0.05) is 12.1 Å². The van der Waals surface area contributed by atoms with Gasteiger partial charge in [0.1, 0.15) is 0 Å². The van der Waals surface area contributed by atoms with Gasteiger partial charge in [0.05, 0.1) is 13.1 Å². The van der Waals surface area contributed by atoms with Crippen LogP contribution >= 0.6 is 24.0 Å². The summed E-state index contributed by atoms with van der Waals surface area (Å²) in [4.78, 5) is 31.0. The number of piperazine rings is 1. The minimum absolute atomic E-state index is 0. The van der Waals surface area contributed by atoms with Crippen molar-refractivity contribution in [1.82, 2.24) is 25.8 Å². The average molecular weight is 568 g/mol. The van der Waals surface area contributed by atoms with E-state index in [-0.39, 0.29) is 48.4 Å². The number of carbonyl (C=O) groups excluding carboxylic acids is 2. The van der Waals surface area contributed by atoms with E-state index in [1.807, 2.05) is 12.1 Å². The number of likely N-dealkylation sites (tertiary alicyclic amines) is 1. The molecule has 3 N–H and O–H groups in total. The summed E-state index contributed by atoms with van der Waals surface area (Å²) in [5, 5.41) is 8.99. The second kappa shape index (κ2) is 11.7. The molecule has 0 aliphatic carbocycles. The van der Waals surface area contributed by atoms with Crippen LogP contribution in [0.1, 0.15) is 22.3 Å². The van der Waals surface area contributed by atoms with Crippen molar-refractivity contribution >= 4 is 41.8 Å². The fourth-order valence-electron chi connectivity index (χ4n) is 3.68. The monoisotopic (exact) mass is 568 g/mol. The summed E-state index contributed by atoms with van der Waals surface area (Å²) in [6.07, 6.45) is -3.58. The van der Waals surface area contributed by atoms with Crippen LogP contribution < -0.4 is 16.0 Å². The minimum Gasteiger partial charge on any atom is -0.353 e. The maximum absolute atomic E-state index is 12.5. The van der Waals surface area contributed by atoms with Crippen LogP contribution in [-0.4, -0.2) is 86.1 Å². The molecule has 0 radical (unpaired) electrons. The lowest BCUT2D eigenvalue weighted by Crippen LogP contribution is -2.49. The van der Waals surface area contributed by atoms with Crippen LogP contribution in [0.4, 0.5) is 13.2 Å². The van der Waals surface area contributed by atoms with Crippen molar-refractivity contribution < 1.29 is 22.8 Å². The van der Waals surface area contributed by atoms with E-state index in [9.17, 15) is 22.8 Å². The SMILES string of the molecule is CN=C(NCc1ccc(C(=O)N2CCNC(=O)C2)cc1)NC1CCN(CC(F)(F)F)C1.I. The number of guanidine groups is 1. The van der Waals surface area contributed by atoms with E-state index in [4.69, 9.17) is 0 Å². The van der Waals surface area contributed by atoms with Gasteiger partial charge in [0.2, 0.25) is 5.91 Å². The van der Waals surface area contributed by atoms with Crippen molar-refractivity contribution in [2.24, 2.45) is 4.99 Å². The van der Waals surface area contributed by atoms with Crippen LogP contribution in [0.25, 0.3) is 0 Å². The van der Waals surface area contributed by atoms with Gasteiger partial charge in [0.25, 0.3) is 5.91 Å². The predicted molar refractivity (Wildman–Crippen MR) is 125 cm³/mol. The molecule has 1 aromatic rings. The first-order valence-corrected chi connectivity index (χ1v) is 10.1. The zero-order valence-corrected chi connectivity index (χ0v) is 20.1. The van der Waals surface area contributed by atoms with E-state index in [2.05, 4.69) is 20.9 Å². The Morgan fingerprint density at radius 3 is 2.59 bits per heavy atom. The van der Waals surface area contributed by atoms with Gasteiger partial charge in [-0.05, 0) is 24.1 Å². The zero-order chi connectivity index (χ0) is 22.4. The Morgan fingerprint density at radius 1 is 1.25 bits per heavy atom. The van der Waals surface area contributed by atoms with Gasteiger partial charge in [-0.15, -0.1) is 24.0 Å². The highest BCUT2D eigenvalue weighted by Crippen LogP contribution is 2.20. The number of halogens is 4. The van der Waals surface area contributed by atoms with Gasteiger partial charge in [-0.2, -0.15) is 13.2 Å². The molecule has 32 heavy (non-hydrogen) atoms. The van der Waals surface area contributed by atoms with E-state index >= 15 is 0 Å². The van der Waals surface area contributed by atoms with Crippen molar-refractivity contribution in [3.8, 4) is 0 Å². The highest BCUT2D eigenvalue weighted by atomic mass is 127. The fraction of sp³-hybridized carbons (Fsp3) is 0.550. The Kier molecular flexibility index (Phi) is 9.55. The maximum atomic E-state index is 12.5. The molecule has 2 heterocycles. The minimum atomic E-state index is -4.19. The first-order chi connectivity index (χ1) is 14.7. The molecule has 178 valence electrons. The third kappa shape index (κ3) is 7.80. The van der Waals surface area contributed by atoms with E-state index in [0.29, 0.717) is 50.7 Å². The van der Waals surface area contributed by atoms with Gasteiger partial charge in [-0.25, -0.2) is 0 Å². The summed E-state index contributed by atoms with van der Waals surface area (Å²) in [5.74, 6) is 0.165. The second-order valence-corrected chi connectivity index (χ2v) is 7.68. The Labute approximate surface area is 202 Å². The Balaban J connectivity index is 0.00000363. The number of hydrogen-bond acceptors (Lipinski definition) is 4. The molecule has 0 spiro atoms. The maximum Gasteiger partial charge on any atom is 0.401 e. The zero-order valence-electron chi connectivity index (χ0n) is 17.7. The average Bonchev–Trinajstić information content (AvgIpc) is 3.16. The fourth-order valence-corrected chi connectivity index (χ4v) is 3.68. The standard InChI is InChI=1S/C20H27F3N6O2.HI/c1-24-19(27-16-6-8-28(11-16)13-20(21,22)23)26-10-14-2-4-15(5-3-14)18(31)29-9-7-25-17(30)12-29;/h2-5,16H,6-13H2,1H3,(H,25,30)(H2,24,26,27);1H. The first kappa shape index (κ1) is 26.2. The van der Waals surface area contributed by atoms with Gasteiger partial charge in [0.15, 0.2) is 5.96 Å². The molecule has 1 unspecified atom stereocenters. The number of nitrogens with one attached hydrogen (secondary N) is 3. The molecule has 3 rings (SSSR count). The summed E-state index contributed by atoms with van der Waals surface area (Å²) in [6.45, 7) is 1.24. The van der Waals surface area contributed by atoms with Crippen LogP contribution in [0.3, 0.4) is 0 Å². The molecular formula is C20H28F3IN6O2. The molecule has 2 saturated heterocycles. The lowest BCUT2D eigenvalue weighted by molar-refractivity contribution is -0.143. The topological polar surface area (TPSA) is 89.1 Å². The summed E-state index contributed by atoms with van der Waals surface area (Å²) in [5.41, 5.74) is 1.43. The highest BCUT2D eigenvalue weighted by Gasteiger charge is 2.34. The molecule has 12 heteroatoms. The number of amides is 2. The van der Waals surface area contributed by atoms with Crippen LogP contribution in [0, 0.1) is 0 Å². The molecule has 0 aromatic heterocycles. The number of carbonyl (C=O) groups is 2. The summed E-state index contributed by atoms with van der Waals surface area (Å²) in [7, 11) is 1.61. The van der Waals surface area contributed by atoms with Gasteiger partial charge in [0, 0.05) is 51.4 Å². The van der Waals surface area contributed by atoms with Gasteiger partial charge in [-0.3, -0.25) is 19.5 Å². The normalized spacial score (nSPS) is 19.9. The molecule has 2 aliphatic rings. The third-order valence-corrected chi connectivity index (χ3v) is 5.23. The Morgan fingerprint density at radius 2 is 1.97 bits per heavy atom. The van der Waals surface area contributed by atoms with Crippen LogP contribution in [0.5, 0.6) is 0 Å². The summed E-state index contributed by atoms with van der Waals surface area (Å²) in [6, 6.07) is 6.97. The molecule has 2 aliphatic heterocycles. The van der Waals surface area contributed by atoms with Crippen molar-refractivity contribution in [2.45, 2.75) is 25.2 Å². The van der Waals surface area contributed by atoms with Crippen LogP contribution in [0.15, 0.2) is 29.3 Å². The lowest BCUT2D eigenvalue weighted by Gasteiger charge is -2.26. The molecule has 1 aromatic carbocycles. The Hall–Kier alpha value is -2.09. The summed E-state index contributed by atoms with van der Waals surface area (Å²) < 4.78 is 37.6. The van der Waals surface area contributed by atoms with Gasteiger partial charge >= 0.3 is 6.18 Å². The quantitative estimate of drug-likeness (QED) is 0.282. The van der Waals surface area contributed by atoms with Crippen molar-refractivity contribution in [3.63, 3.8) is 0 Å². The number of aliphatic imine (C=N–C) groups is 1. The van der Waals surface area contributed by atoms with Crippen LogP contribution in [0.2, 0.25) is 0 Å². The van der Waals surface area contributed by atoms with Crippen LogP contribution in [-0.2, 0) is 11.3 Å². The van der Waals surface area contributed by atoms with Crippen molar-refractivity contribution in [1.29, 1.82) is 0 Å². The van der Waals surface area contributed by atoms with Gasteiger partial charge < -0.3 is 20.9 Å². The number of rotatable bonds is 5. The number of benzene rings is 1. The predicted octanol–water partition coefficient (Wildman–Crippen LogP) is 1.18. The second-order valence-electron chi connectivity index (χ2n) is 7.68. The van der Waals surface area contributed by atoms with Crippen molar-refractivity contribution in [2.75, 3.05) is 46.3 Å². The van der Waals surface area contributed by atoms with E-state index in [0.717, 1.165) is 5.56 Å². The van der Waals surface area contributed by atoms with Crippen molar-refractivity contribution in [3.05, 3.63) is 35.4 Å². The van der Waals surface area contributed by atoms with E-state index < -0.39 is 12.7 Å². The largest absolute Gasteiger partial charge is 0.401 e. The molecule has 1 atom stereocenters. The molecule has 2 amide bonds. The third-order valence-electron chi connectivity index (χ3n) is 5.23. The summed E-state index contributed by atoms with van der Waals surface area (Å²) >= 11 is 0. The van der Waals surface area contributed by atoms with E-state index in [1.54, 1.807) is 19.2 Å². The highest BCUT2D eigenvalue weighted by molar-refractivity contribution is 14.0. The first-order valence-electron chi connectivity index (χ1n) is 10.1. The number of alkyl halides is 3. The smallest absolute Gasteiger partial charge is 0.353 e. The lowest BCUT2D eigenvalue weighted by atomic mass is 10.1. The molecule has 8 nitrogen and oxygen atoms in total. The molecule has 0 bridgehead atoms. The molecule has 2 fully saturated rings. The molecular weight excluding hydrogens is 540 g/mol. The Bertz CT molecular complexity index is 819.